The largest absolute Gasteiger partial charge is 0.496 e. The Morgan fingerprint density at radius 1 is 1.00 bits per heavy atom. The molecule has 0 aliphatic carbocycles. The summed E-state index contributed by atoms with van der Waals surface area (Å²) in [6, 6.07) is 15.3. The quantitative estimate of drug-likeness (QED) is 0.891. The first-order valence-electron chi connectivity index (χ1n) is 7.01. The van der Waals surface area contributed by atoms with E-state index in [0.29, 0.717) is 0 Å². The number of ether oxygens (including phenoxy) is 1. The van der Waals surface area contributed by atoms with Crippen LogP contribution in [0.1, 0.15) is 28.3 Å². The molecular weight excluding hydrogens is 246 g/mol. The molecule has 0 spiro atoms. The fraction of sp³-hybridized carbons (Fsp3) is 0.333. The second kappa shape index (κ2) is 6.58. The minimum atomic E-state index is 0.257. The standard InChI is InChI=1S/C18H23NO/c1-13-5-8-15(9-6-13)12-17(19-3)16-11-14(2)7-10-18(16)20-4/h5-11,17,19H,12H2,1-4H3. The van der Waals surface area contributed by atoms with Crippen LogP contribution in [0.4, 0.5) is 0 Å². The van der Waals surface area contributed by atoms with Crippen LogP contribution in [0.3, 0.4) is 0 Å². The second-order valence-corrected chi connectivity index (χ2v) is 5.28. The van der Waals surface area contributed by atoms with E-state index in [1.165, 1.54) is 22.3 Å². The van der Waals surface area contributed by atoms with Gasteiger partial charge in [0.15, 0.2) is 0 Å². The number of aryl methyl sites for hydroxylation is 2. The summed E-state index contributed by atoms with van der Waals surface area (Å²) in [5.41, 5.74) is 5.10. The molecule has 106 valence electrons. The smallest absolute Gasteiger partial charge is 0.123 e. The lowest BCUT2D eigenvalue weighted by atomic mass is 9.96. The highest BCUT2D eigenvalue weighted by molar-refractivity contribution is 5.40. The zero-order valence-corrected chi connectivity index (χ0v) is 12.7. The summed E-state index contributed by atoms with van der Waals surface area (Å²) in [4.78, 5) is 0. The zero-order chi connectivity index (χ0) is 14.5. The molecule has 2 aromatic carbocycles. The predicted molar refractivity (Wildman–Crippen MR) is 84.4 cm³/mol. The maximum atomic E-state index is 5.50. The van der Waals surface area contributed by atoms with Crippen LogP contribution in [0.15, 0.2) is 42.5 Å². The molecule has 2 nitrogen and oxygen atoms in total. The van der Waals surface area contributed by atoms with E-state index in [1.807, 2.05) is 13.1 Å². The van der Waals surface area contributed by atoms with Crippen LogP contribution in [0, 0.1) is 13.8 Å². The van der Waals surface area contributed by atoms with Crippen molar-refractivity contribution < 1.29 is 4.74 Å². The van der Waals surface area contributed by atoms with Gasteiger partial charge in [0.05, 0.1) is 7.11 Å². The van der Waals surface area contributed by atoms with Crippen LogP contribution >= 0.6 is 0 Å². The van der Waals surface area contributed by atoms with Crippen molar-refractivity contribution in [3.05, 3.63) is 64.7 Å². The van der Waals surface area contributed by atoms with Crippen molar-refractivity contribution in [2.24, 2.45) is 0 Å². The molecular formula is C18H23NO. The number of likely N-dealkylation sites (N-methyl/N-ethyl adjacent to an activating group) is 1. The molecule has 0 amide bonds. The van der Waals surface area contributed by atoms with Gasteiger partial charge >= 0.3 is 0 Å². The van der Waals surface area contributed by atoms with Crippen molar-refractivity contribution in [3.63, 3.8) is 0 Å². The van der Waals surface area contributed by atoms with E-state index in [-0.39, 0.29) is 6.04 Å². The van der Waals surface area contributed by atoms with Crippen molar-refractivity contribution in [2.45, 2.75) is 26.3 Å². The Morgan fingerprint density at radius 3 is 2.25 bits per heavy atom. The molecule has 0 bridgehead atoms. The molecule has 0 saturated heterocycles. The van der Waals surface area contributed by atoms with Gasteiger partial charge in [0.2, 0.25) is 0 Å². The maximum absolute atomic E-state index is 5.50. The van der Waals surface area contributed by atoms with Gasteiger partial charge in [-0.05, 0) is 38.9 Å². The summed E-state index contributed by atoms with van der Waals surface area (Å²) in [5, 5.41) is 3.40. The van der Waals surface area contributed by atoms with Gasteiger partial charge in [-0.2, -0.15) is 0 Å². The van der Waals surface area contributed by atoms with Crippen molar-refractivity contribution in [1.29, 1.82) is 0 Å². The van der Waals surface area contributed by atoms with E-state index in [0.717, 1.165) is 12.2 Å². The number of benzene rings is 2. The lowest BCUT2D eigenvalue weighted by Gasteiger charge is -2.20. The molecule has 2 aromatic rings. The summed E-state index contributed by atoms with van der Waals surface area (Å²) >= 11 is 0. The molecule has 2 rings (SSSR count). The molecule has 20 heavy (non-hydrogen) atoms. The van der Waals surface area contributed by atoms with Crippen molar-refractivity contribution in [1.82, 2.24) is 5.32 Å². The van der Waals surface area contributed by atoms with Gasteiger partial charge in [0.1, 0.15) is 5.75 Å². The third-order valence-electron chi connectivity index (χ3n) is 3.67. The van der Waals surface area contributed by atoms with Crippen LogP contribution in [0.5, 0.6) is 5.75 Å². The third kappa shape index (κ3) is 3.40. The van der Waals surface area contributed by atoms with Gasteiger partial charge in [-0.15, -0.1) is 0 Å². The molecule has 2 heteroatoms. The van der Waals surface area contributed by atoms with Crippen molar-refractivity contribution in [3.8, 4) is 5.75 Å². The summed E-state index contributed by atoms with van der Waals surface area (Å²) < 4.78 is 5.50. The summed E-state index contributed by atoms with van der Waals surface area (Å²) in [6.07, 6.45) is 0.955. The highest BCUT2D eigenvalue weighted by Gasteiger charge is 2.15. The van der Waals surface area contributed by atoms with Crippen LogP contribution in [-0.4, -0.2) is 14.2 Å². The first-order valence-corrected chi connectivity index (χ1v) is 7.01. The molecule has 1 N–H and O–H groups in total. The van der Waals surface area contributed by atoms with E-state index < -0.39 is 0 Å². The number of methoxy groups -OCH3 is 1. The van der Waals surface area contributed by atoms with Crippen LogP contribution in [0.25, 0.3) is 0 Å². The van der Waals surface area contributed by atoms with Gasteiger partial charge in [-0.1, -0.05) is 47.5 Å². The van der Waals surface area contributed by atoms with Gasteiger partial charge in [-0.25, -0.2) is 0 Å². The normalized spacial score (nSPS) is 12.2. The summed E-state index contributed by atoms with van der Waals surface area (Å²) in [6.45, 7) is 4.23. The van der Waals surface area contributed by atoms with E-state index in [4.69, 9.17) is 4.74 Å². The Bertz CT molecular complexity index is 560. The van der Waals surface area contributed by atoms with E-state index in [9.17, 15) is 0 Å². The van der Waals surface area contributed by atoms with Crippen LogP contribution in [0.2, 0.25) is 0 Å². The van der Waals surface area contributed by atoms with Crippen molar-refractivity contribution in [2.75, 3.05) is 14.2 Å². The second-order valence-electron chi connectivity index (χ2n) is 5.28. The van der Waals surface area contributed by atoms with Gasteiger partial charge in [-0.3, -0.25) is 0 Å². The molecule has 0 saturated carbocycles. The van der Waals surface area contributed by atoms with E-state index in [1.54, 1.807) is 7.11 Å². The van der Waals surface area contributed by atoms with Gasteiger partial charge < -0.3 is 10.1 Å². The SMILES string of the molecule is CNC(Cc1ccc(C)cc1)c1cc(C)ccc1OC. The first kappa shape index (κ1) is 14.6. The molecule has 0 aliphatic heterocycles. The zero-order valence-electron chi connectivity index (χ0n) is 12.7. The number of nitrogens with one attached hydrogen (secondary N) is 1. The molecule has 1 atom stereocenters. The molecule has 0 radical (unpaired) electrons. The predicted octanol–water partition coefficient (Wildman–Crippen LogP) is 3.82. The average Bonchev–Trinajstić information content (AvgIpc) is 2.46. The Labute approximate surface area is 121 Å². The molecule has 0 heterocycles. The Hall–Kier alpha value is -1.80. The maximum Gasteiger partial charge on any atom is 0.123 e. The average molecular weight is 269 g/mol. The highest BCUT2D eigenvalue weighted by atomic mass is 16.5. The summed E-state index contributed by atoms with van der Waals surface area (Å²) in [5.74, 6) is 0.946. The first-order chi connectivity index (χ1) is 9.63. The Balaban J connectivity index is 2.28. The third-order valence-corrected chi connectivity index (χ3v) is 3.67. The number of hydrogen-bond acceptors (Lipinski definition) is 2. The molecule has 0 aliphatic rings. The summed E-state index contributed by atoms with van der Waals surface area (Å²) in [7, 11) is 3.73. The fourth-order valence-corrected chi connectivity index (χ4v) is 2.45. The number of hydrogen-bond donors (Lipinski definition) is 1. The lowest BCUT2D eigenvalue weighted by Crippen LogP contribution is -2.19. The van der Waals surface area contributed by atoms with Crippen LogP contribution in [-0.2, 0) is 6.42 Å². The monoisotopic (exact) mass is 269 g/mol. The Kier molecular flexibility index (Phi) is 4.80. The minimum absolute atomic E-state index is 0.257. The topological polar surface area (TPSA) is 21.3 Å². The minimum Gasteiger partial charge on any atom is -0.496 e. The lowest BCUT2D eigenvalue weighted by molar-refractivity contribution is 0.401. The highest BCUT2D eigenvalue weighted by Crippen LogP contribution is 2.28. The van der Waals surface area contributed by atoms with E-state index >= 15 is 0 Å². The van der Waals surface area contributed by atoms with Crippen LogP contribution < -0.4 is 10.1 Å². The Morgan fingerprint density at radius 2 is 1.65 bits per heavy atom. The molecule has 1 unspecified atom stereocenters. The molecule has 0 aromatic heterocycles. The van der Waals surface area contributed by atoms with Crippen molar-refractivity contribution >= 4 is 0 Å². The molecule has 0 fully saturated rings. The number of rotatable bonds is 5. The fourth-order valence-electron chi connectivity index (χ4n) is 2.45. The van der Waals surface area contributed by atoms with Gasteiger partial charge in [0, 0.05) is 11.6 Å². The van der Waals surface area contributed by atoms with Gasteiger partial charge in [0.25, 0.3) is 0 Å². The van der Waals surface area contributed by atoms with E-state index in [2.05, 4.69) is 55.6 Å².